The number of rotatable bonds is 6. The lowest BCUT2D eigenvalue weighted by atomic mass is 10.00. The van der Waals surface area contributed by atoms with Gasteiger partial charge in [-0.3, -0.25) is 9.78 Å². The highest BCUT2D eigenvalue weighted by Crippen LogP contribution is 2.29. The Morgan fingerprint density at radius 3 is 2.34 bits per heavy atom. The largest absolute Gasteiger partial charge is 0.507 e. The summed E-state index contributed by atoms with van der Waals surface area (Å²) in [5.74, 6) is 0.181. The van der Waals surface area contributed by atoms with Crippen LogP contribution in [0.3, 0.4) is 0 Å². The first-order chi connectivity index (χ1) is 13.4. The summed E-state index contributed by atoms with van der Waals surface area (Å²) in [6, 6.07) is 16.0. The summed E-state index contributed by atoms with van der Waals surface area (Å²) in [5, 5.41) is 13.0. The van der Waals surface area contributed by atoms with Crippen LogP contribution < -0.4 is 5.32 Å². The number of hydrogen-bond acceptors (Lipinski definition) is 3. The van der Waals surface area contributed by atoms with E-state index in [-0.39, 0.29) is 19.4 Å². The molecule has 3 aromatic rings. The van der Waals surface area contributed by atoms with Gasteiger partial charge in [-0.2, -0.15) is 0 Å². The van der Waals surface area contributed by atoms with Gasteiger partial charge in [0.2, 0.25) is 0 Å². The van der Waals surface area contributed by atoms with Gasteiger partial charge in [0.1, 0.15) is 5.75 Å². The Morgan fingerprint density at radius 2 is 1.69 bits per heavy atom. The third-order valence-corrected chi connectivity index (χ3v) is 4.91. The topological polar surface area (TPSA) is 62.2 Å². The van der Waals surface area contributed by atoms with Crippen molar-refractivity contribution < 1.29 is 9.90 Å². The van der Waals surface area contributed by atoms with Crippen LogP contribution in [0.2, 0.25) is 0 Å². The molecule has 4 nitrogen and oxygen atoms in total. The monoisotopic (exact) mass is 390 g/mol. The normalized spacial score (nSPS) is 11.4. The highest BCUT2D eigenvalue weighted by Gasteiger charge is 2.12. The third-order valence-electron chi connectivity index (χ3n) is 4.91. The molecule has 1 unspecified atom stereocenters. The zero-order chi connectivity index (χ0) is 20.1. The zero-order valence-corrected chi connectivity index (χ0v) is 16.6. The lowest BCUT2D eigenvalue weighted by Crippen LogP contribution is -2.33. The molecule has 1 heterocycles. The molecule has 1 atom stereocenters. The molecule has 2 aromatic carbocycles. The van der Waals surface area contributed by atoms with Crippen LogP contribution in [0.25, 0.3) is 11.1 Å². The van der Waals surface area contributed by atoms with Crippen molar-refractivity contribution in [1.29, 1.82) is 0 Å². The average Bonchev–Trinajstić information content (AvgIpc) is 2.71. The summed E-state index contributed by atoms with van der Waals surface area (Å²) in [7, 11) is 0. The number of aryl methyl sites for hydroxylation is 3. The van der Waals surface area contributed by atoms with Crippen molar-refractivity contribution in [2.75, 3.05) is 0 Å². The Morgan fingerprint density at radius 1 is 1.03 bits per heavy atom. The van der Waals surface area contributed by atoms with Gasteiger partial charge in [0.15, 0.2) is 0 Å². The maximum absolute atomic E-state index is 12.6. The molecule has 0 aliphatic carbocycles. The molecule has 0 aliphatic rings. The summed E-state index contributed by atoms with van der Waals surface area (Å²) < 4.78 is 0. The fraction of sp³-hybridized carbons (Fsp3) is 0.280. The Labute approximate surface area is 173 Å². The van der Waals surface area contributed by atoms with E-state index in [0.717, 1.165) is 35.1 Å². The molecule has 29 heavy (non-hydrogen) atoms. The van der Waals surface area contributed by atoms with E-state index < -0.39 is 0 Å². The van der Waals surface area contributed by atoms with Crippen LogP contribution in [0.1, 0.15) is 47.8 Å². The predicted molar refractivity (Wildman–Crippen MR) is 119 cm³/mol. The van der Waals surface area contributed by atoms with E-state index in [1.807, 2.05) is 57.2 Å². The molecule has 0 fully saturated rings. The van der Waals surface area contributed by atoms with E-state index in [2.05, 4.69) is 22.4 Å². The van der Waals surface area contributed by atoms with Crippen molar-refractivity contribution in [3.8, 4) is 16.9 Å². The van der Waals surface area contributed by atoms with Gasteiger partial charge in [-0.15, -0.1) is 0 Å². The number of carbonyl (C=O) groups excluding carboxylic acids is 1. The van der Waals surface area contributed by atoms with Crippen LogP contribution in [0.5, 0.6) is 5.75 Å². The number of phenols is 1. The Kier molecular flexibility index (Phi) is 7.54. The molecule has 152 valence electrons. The number of amides is 1. The number of nitrogens with one attached hydrogen (secondary N) is 1. The van der Waals surface area contributed by atoms with Gasteiger partial charge in [0.25, 0.3) is 5.91 Å². The SMILES string of the molecule is C.Cc1cc(-c2cncc(C(=O)NC(C)CCc3ccccc3)c2)cc(C)c1O. The van der Waals surface area contributed by atoms with E-state index in [1.165, 1.54) is 5.56 Å². The number of hydrogen-bond donors (Lipinski definition) is 2. The van der Waals surface area contributed by atoms with E-state index in [1.54, 1.807) is 12.4 Å². The smallest absolute Gasteiger partial charge is 0.253 e. The van der Waals surface area contributed by atoms with Crippen LogP contribution in [-0.2, 0) is 6.42 Å². The van der Waals surface area contributed by atoms with E-state index in [0.29, 0.717) is 11.3 Å². The Hall–Kier alpha value is -3.14. The van der Waals surface area contributed by atoms with Gasteiger partial charge in [-0.25, -0.2) is 0 Å². The number of aromatic nitrogens is 1. The standard InChI is InChI=1S/C24H26N2O2.CH4/c1-16-11-20(12-17(2)23(16)27)21-13-22(15-25-14-21)24(28)26-18(3)9-10-19-7-5-4-6-8-19;/h4-8,11-15,18,27H,9-10H2,1-3H3,(H,26,28);1H4. The number of carbonyl (C=O) groups is 1. The molecular weight excluding hydrogens is 360 g/mol. The zero-order valence-electron chi connectivity index (χ0n) is 16.6. The fourth-order valence-electron chi connectivity index (χ4n) is 3.25. The van der Waals surface area contributed by atoms with Crippen LogP contribution in [0, 0.1) is 13.8 Å². The minimum absolute atomic E-state index is 0. The lowest BCUT2D eigenvalue weighted by molar-refractivity contribution is 0.0938. The number of benzene rings is 2. The number of nitrogens with zero attached hydrogens (tertiary/aromatic N) is 1. The summed E-state index contributed by atoms with van der Waals surface area (Å²) in [6.45, 7) is 5.75. The molecule has 0 radical (unpaired) electrons. The van der Waals surface area contributed by atoms with Crippen LogP contribution in [0.15, 0.2) is 60.9 Å². The van der Waals surface area contributed by atoms with Gasteiger partial charge < -0.3 is 10.4 Å². The number of pyridine rings is 1. The van der Waals surface area contributed by atoms with Crippen molar-refractivity contribution in [2.45, 2.75) is 47.1 Å². The fourth-order valence-corrected chi connectivity index (χ4v) is 3.25. The van der Waals surface area contributed by atoms with Crippen molar-refractivity contribution in [3.63, 3.8) is 0 Å². The van der Waals surface area contributed by atoms with Crippen LogP contribution >= 0.6 is 0 Å². The van der Waals surface area contributed by atoms with E-state index >= 15 is 0 Å². The van der Waals surface area contributed by atoms with Crippen molar-refractivity contribution >= 4 is 5.91 Å². The molecule has 1 amide bonds. The molecule has 0 bridgehead atoms. The van der Waals surface area contributed by atoms with Crippen LogP contribution in [0.4, 0.5) is 0 Å². The quantitative estimate of drug-likeness (QED) is 0.588. The van der Waals surface area contributed by atoms with Gasteiger partial charge in [-0.05, 0) is 74.1 Å². The minimum Gasteiger partial charge on any atom is -0.507 e. The highest BCUT2D eigenvalue weighted by molar-refractivity contribution is 5.95. The molecule has 0 saturated carbocycles. The molecule has 0 saturated heterocycles. The van der Waals surface area contributed by atoms with Crippen molar-refractivity contribution in [1.82, 2.24) is 10.3 Å². The van der Waals surface area contributed by atoms with Crippen molar-refractivity contribution in [3.05, 3.63) is 83.2 Å². The van der Waals surface area contributed by atoms with E-state index in [9.17, 15) is 9.90 Å². The molecule has 2 N–H and O–H groups in total. The Bertz CT molecular complexity index is 945. The first kappa shape index (κ1) is 22.2. The summed E-state index contributed by atoms with van der Waals surface area (Å²) in [5.41, 5.74) is 5.21. The second-order valence-corrected chi connectivity index (χ2v) is 7.32. The maximum Gasteiger partial charge on any atom is 0.253 e. The van der Waals surface area contributed by atoms with Crippen molar-refractivity contribution in [2.24, 2.45) is 0 Å². The van der Waals surface area contributed by atoms with Gasteiger partial charge in [0.05, 0.1) is 5.56 Å². The second kappa shape index (κ2) is 9.87. The van der Waals surface area contributed by atoms with Gasteiger partial charge in [-0.1, -0.05) is 37.8 Å². The van der Waals surface area contributed by atoms with Gasteiger partial charge >= 0.3 is 0 Å². The summed E-state index contributed by atoms with van der Waals surface area (Å²) >= 11 is 0. The Balaban J connectivity index is 0.00000300. The first-order valence-electron chi connectivity index (χ1n) is 9.54. The number of phenolic OH excluding ortho intramolecular Hbond substituents is 1. The molecule has 3 rings (SSSR count). The molecule has 0 aliphatic heterocycles. The molecular formula is C25H30N2O2. The number of aromatic hydroxyl groups is 1. The highest BCUT2D eigenvalue weighted by atomic mass is 16.3. The first-order valence-corrected chi connectivity index (χ1v) is 9.54. The lowest BCUT2D eigenvalue weighted by Gasteiger charge is -2.14. The molecule has 0 spiro atoms. The molecule has 1 aromatic heterocycles. The summed E-state index contributed by atoms with van der Waals surface area (Å²) in [6.07, 6.45) is 5.12. The average molecular weight is 391 g/mol. The maximum atomic E-state index is 12.6. The van der Waals surface area contributed by atoms with Crippen LogP contribution in [-0.4, -0.2) is 22.0 Å². The van der Waals surface area contributed by atoms with E-state index in [4.69, 9.17) is 0 Å². The van der Waals surface area contributed by atoms with Gasteiger partial charge in [0, 0.05) is 24.0 Å². The predicted octanol–water partition coefficient (Wildman–Crippen LogP) is 5.46. The molecule has 4 heteroatoms. The second-order valence-electron chi connectivity index (χ2n) is 7.32. The third kappa shape index (κ3) is 5.67. The minimum atomic E-state index is -0.123. The summed E-state index contributed by atoms with van der Waals surface area (Å²) in [4.78, 5) is 16.9.